The number of rotatable bonds is 8. The first-order chi connectivity index (χ1) is 9.77. The van der Waals surface area contributed by atoms with E-state index in [0.29, 0.717) is 11.6 Å². The number of aliphatic carboxylic acids is 1. The molecule has 0 aromatic carbocycles. The van der Waals surface area contributed by atoms with Gasteiger partial charge in [0.25, 0.3) is 0 Å². The van der Waals surface area contributed by atoms with Crippen molar-refractivity contribution in [3.8, 4) is 0 Å². The van der Waals surface area contributed by atoms with Crippen LogP contribution in [0, 0.1) is 5.92 Å². The Morgan fingerprint density at radius 1 is 1.38 bits per heavy atom. The van der Waals surface area contributed by atoms with Gasteiger partial charge in [0.15, 0.2) is 0 Å². The quantitative estimate of drug-likeness (QED) is 0.612. The van der Waals surface area contributed by atoms with Gasteiger partial charge in [0, 0.05) is 18.7 Å². The van der Waals surface area contributed by atoms with Gasteiger partial charge < -0.3 is 15.5 Å². The van der Waals surface area contributed by atoms with Crippen LogP contribution in [0.1, 0.15) is 32.9 Å². The molecule has 0 saturated heterocycles. The SMILES string of the molecule is CC(C)CC(C)NC(=O)C(O)Cc1cn(CC(=O)O)nn1. The molecule has 2 unspecified atom stereocenters. The van der Waals surface area contributed by atoms with Crippen molar-refractivity contribution in [2.75, 3.05) is 0 Å². The molecule has 1 rings (SSSR count). The first kappa shape index (κ1) is 17.1. The normalized spacial score (nSPS) is 14.0. The van der Waals surface area contributed by atoms with Crippen LogP contribution < -0.4 is 5.32 Å². The lowest BCUT2D eigenvalue weighted by Crippen LogP contribution is -2.41. The number of aliphatic hydroxyl groups excluding tert-OH is 1. The van der Waals surface area contributed by atoms with Crippen LogP contribution in [0.4, 0.5) is 0 Å². The summed E-state index contributed by atoms with van der Waals surface area (Å²) in [6, 6.07) is -0.0187. The fourth-order valence-corrected chi connectivity index (χ4v) is 2.04. The predicted octanol–water partition coefficient (Wildman–Crippen LogP) is -0.183. The number of carbonyl (C=O) groups excluding carboxylic acids is 1. The highest BCUT2D eigenvalue weighted by atomic mass is 16.4. The number of aliphatic hydroxyl groups is 1. The lowest BCUT2D eigenvalue weighted by atomic mass is 10.0. The molecular formula is C13H22N4O4. The fourth-order valence-electron chi connectivity index (χ4n) is 2.04. The van der Waals surface area contributed by atoms with E-state index in [-0.39, 0.29) is 19.0 Å². The molecule has 21 heavy (non-hydrogen) atoms. The van der Waals surface area contributed by atoms with Crippen LogP contribution >= 0.6 is 0 Å². The van der Waals surface area contributed by atoms with Gasteiger partial charge in [0.2, 0.25) is 5.91 Å². The molecule has 0 bridgehead atoms. The second kappa shape index (κ2) is 7.72. The molecule has 0 fully saturated rings. The van der Waals surface area contributed by atoms with Crippen molar-refractivity contribution in [2.45, 2.75) is 52.3 Å². The van der Waals surface area contributed by atoms with Gasteiger partial charge in [-0.1, -0.05) is 19.1 Å². The average molecular weight is 298 g/mol. The van der Waals surface area contributed by atoms with Crippen LogP contribution in [0.3, 0.4) is 0 Å². The molecule has 1 aromatic heterocycles. The smallest absolute Gasteiger partial charge is 0.325 e. The Hall–Kier alpha value is -1.96. The highest BCUT2D eigenvalue weighted by Crippen LogP contribution is 2.05. The molecule has 1 amide bonds. The van der Waals surface area contributed by atoms with Crippen molar-refractivity contribution in [2.24, 2.45) is 5.92 Å². The predicted molar refractivity (Wildman–Crippen MR) is 74.4 cm³/mol. The Morgan fingerprint density at radius 2 is 2.05 bits per heavy atom. The number of nitrogens with zero attached hydrogens (tertiary/aromatic N) is 3. The minimum atomic E-state index is -1.23. The molecule has 3 N–H and O–H groups in total. The molecule has 0 saturated carbocycles. The van der Waals surface area contributed by atoms with Gasteiger partial charge in [0.1, 0.15) is 12.6 Å². The van der Waals surface area contributed by atoms with Crippen LogP contribution in [-0.4, -0.2) is 49.2 Å². The van der Waals surface area contributed by atoms with Gasteiger partial charge in [-0.3, -0.25) is 9.59 Å². The van der Waals surface area contributed by atoms with E-state index in [4.69, 9.17) is 5.11 Å². The van der Waals surface area contributed by atoms with Crippen LogP contribution in [0.25, 0.3) is 0 Å². The van der Waals surface area contributed by atoms with E-state index in [1.807, 2.05) is 6.92 Å². The summed E-state index contributed by atoms with van der Waals surface area (Å²) in [5, 5.41) is 28.5. The Labute approximate surface area is 123 Å². The molecule has 2 atom stereocenters. The summed E-state index contributed by atoms with van der Waals surface area (Å²) in [5.41, 5.74) is 0.371. The third-order valence-corrected chi connectivity index (χ3v) is 2.80. The van der Waals surface area contributed by atoms with Crippen LogP contribution in [-0.2, 0) is 22.6 Å². The maximum atomic E-state index is 11.8. The van der Waals surface area contributed by atoms with E-state index in [1.54, 1.807) is 0 Å². The Morgan fingerprint density at radius 3 is 2.62 bits per heavy atom. The summed E-state index contributed by atoms with van der Waals surface area (Å²) in [6.07, 6.45) is 1.00. The fraction of sp³-hybridized carbons (Fsp3) is 0.692. The second-order valence-electron chi connectivity index (χ2n) is 5.56. The molecule has 0 aliphatic rings. The average Bonchev–Trinajstić information content (AvgIpc) is 2.73. The van der Waals surface area contributed by atoms with E-state index in [0.717, 1.165) is 11.1 Å². The minimum Gasteiger partial charge on any atom is -0.480 e. The molecule has 0 radical (unpaired) electrons. The second-order valence-corrected chi connectivity index (χ2v) is 5.56. The minimum absolute atomic E-state index is 0.000148. The first-order valence-electron chi connectivity index (χ1n) is 6.87. The molecule has 0 spiro atoms. The number of carbonyl (C=O) groups is 2. The van der Waals surface area contributed by atoms with Crippen molar-refractivity contribution >= 4 is 11.9 Å². The van der Waals surface area contributed by atoms with Crippen molar-refractivity contribution in [1.82, 2.24) is 20.3 Å². The third kappa shape index (κ3) is 6.35. The topological polar surface area (TPSA) is 117 Å². The maximum absolute atomic E-state index is 11.8. The molecule has 8 nitrogen and oxygen atoms in total. The molecular weight excluding hydrogens is 276 g/mol. The van der Waals surface area contributed by atoms with Gasteiger partial charge >= 0.3 is 5.97 Å². The number of hydrogen-bond acceptors (Lipinski definition) is 5. The first-order valence-corrected chi connectivity index (χ1v) is 6.87. The molecule has 118 valence electrons. The van der Waals surface area contributed by atoms with Gasteiger partial charge in [-0.25, -0.2) is 4.68 Å². The lowest BCUT2D eigenvalue weighted by Gasteiger charge is -2.18. The van der Waals surface area contributed by atoms with Gasteiger partial charge in [-0.05, 0) is 19.3 Å². The molecule has 0 aliphatic heterocycles. The van der Waals surface area contributed by atoms with Crippen LogP contribution in [0.5, 0.6) is 0 Å². The Balaban J connectivity index is 2.48. The molecule has 0 aliphatic carbocycles. The number of carboxylic acids is 1. The van der Waals surface area contributed by atoms with E-state index in [9.17, 15) is 14.7 Å². The van der Waals surface area contributed by atoms with Crippen molar-refractivity contribution < 1.29 is 19.8 Å². The van der Waals surface area contributed by atoms with Crippen molar-refractivity contribution in [1.29, 1.82) is 0 Å². The number of hydrogen-bond donors (Lipinski definition) is 3. The highest BCUT2D eigenvalue weighted by Gasteiger charge is 2.19. The van der Waals surface area contributed by atoms with E-state index in [1.165, 1.54) is 6.20 Å². The zero-order valence-corrected chi connectivity index (χ0v) is 12.5. The Bertz CT molecular complexity index is 486. The van der Waals surface area contributed by atoms with E-state index >= 15 is 0 Å². The molecule has 8 heteroatoms. The number of amides is 1. The summed E-state index contributed by atoms with van der Waals surface area (Å²) >= 11 is 0. The van der Waals surface area contributed by atoms with Crippen LogP contribution in [0.15, 0.2) is 6.20 Å². The van der Waals surface area contributed by atoms with E-state index < -0.39 is 18.0 Å². The largest absolute Gasteiger partial charge is 0.480 e. The highest BCUT2D eigenvalue weighted by molar-refractivity contribution is 5.80. The summed E-state index contributed by atoms with van der Waals surface area (Å²) < 4.78 is 1.14. The third-order valence-electron chi connectivity index (χ3n) is 2.80. The summed E-state index contributed by atoms with van der Waals surface area (Å²) in [6.45, 7) is 5.69. The van der Waals surface area contributed by atoms with Gasteiger partial charge in [-0.2, -0.15) is 0 Å². The van der Waals surface area contributed by atoms with Crippen LogP contribution in [0.2, 0.25) is 0 Å². The zero-order chi connectivity index (χ0) is 16.0. The summed E-state index contributed by atoms with van der Waals surface area (Å²) in [4.78, 5) is 22.3. The number of aromatic nitrogens is 3. The van der Waals surface area contributed by atoms with Crippen molar-refractivity contribution in [3.63, 3.8) is 0 Å². The van der Waals surface area contributed by atoms with E-state index in [2.05, 4.69) is 29.5 Å². The zero-order valence-electron chi connectivity index (χ0n) is 12.5. The van der Waals surface area contributed by atoms with Crippen molar-refractivity contribution in [3.05, 3.63) is 11.9 Å². The molecule has 1 aromatic rings. The standard InChI is InChI=1S/C13H22N4O4/c1-8(2)4-9(3)14-13(21)11(18)5-10-6-17(16-15-10)7-12(19)20/h6,8-9,11,18H,4-5,7H2,1-3H3,(H,14,21)(H,19,20). The number of carboxylic acid groups (broad SMARTS) is 1. The summed E-state index contributed by atoms with van der Waals surface area (Å²) in [7, 11) is 0. The number of nitrogens with one attached hydrogen (secondary N) is 1. The van der Waals surface area contributed by atoms with Gasteiger partial charge in [0.05, 0.1) is 5.69 Å². The summed E-state index contributed by atoms with van der Waals surface area (Å²) in [5.74, 6) is -1.04. The lowest BCUT2D eigenvalue weighted by molar-refractivity contribution is -0.138. The Kier molecular flexibility index (Phi) is 6.29. The van der Waals surface area contributed by atoms with Gasteiger partial charge in [-0.15, -0.1) is 5.10 Å². The monoisotopic (exact) mass is 298 g/mol. The molecule has 1 heterocycles. The maximum Gasteiger partial charge on any atom is 0.325 e.